The molecule has 0 unspecified atom stereocenters. The topological polar surface area (TPSA) is 3.24 Å². The van der Waals surface area contributed by atoms with Gasteiger partial charge >= 0.3 is 0 Å². The lowest BCUT2D eigenvalue weighted by Crippen LogP contribution is -2.02. The van der Waals surface area contributed by atoms with Crippen LogP contribution in [0.2, 0.25) is 0 Å². The van der Waals surface area contributed by atoms with Crippen molar-refractivity contribution in [3.8, 4) is 0 Å². The number of thiol groups is 1. The summed E-state index contributed by atoms with van der Waals surface area (Å²) >= 11 is 0. The van der Waals surface area contributed by atoms with Gasteiger partial charge in [-0.15, -0.1) is 0 Å². The van der Waals surface area contributed by atoms with Gasteiger partial charge in [-0.1, -0.05) is 0 Å². The summed E-state index contributed by atoms with van der Waals surface area (Å²) in [4.78, 5) is 0. The first-order valence-corrected chi connectivity index (χ1v) is 8.80. The number of nitrogens with zero attached hydrogens (tertiary/aromatic N) is 1. The smallest absolute Gasteiger partial charge is 0.0654 e. The highest BCUT2D eigenvalue weighted by atomic mass is 36.2. The summed E-state index contributed by atoms with van der Waals surface area (Å²) in [7, 11) is 25.2. The Kier molecular flexibility index (Phi) is 5.20. The second kappa shape index (κ2) is 4.21. The van der Waals surface area contributed by atoms with Gasteiger partial charge in [0.05, 0.1) is 7.85 Å². The number of halogens is 5. The second-order valence-corrected chi connectivity index (χ2v) is 11.6. The first-order valence-electron chi connectivity index (χ1n) is 1.63. The molecule has 0 aromatic rings. The van der Waals surface area contributed by atoms with Crippen molar-refractivity contribution in [2.75, 3.05) is 7.05 Å². The van der Waals surface area contributed by atoms with Crippen molar-refractivity contribution in [1.29, 1.82) is 0 Å². The Hall–Kier alpha value is 2.11. The summed E-state index contributed by atoms with van der Waals surface area (Å²) in [6.45, 7) is 0. The van der Waals surface area contributed by atoms with Crippen molar-refractivity contribution in [2.45, 2.75) is 0 Å². The van der Waals surface area contributed by atoms with Gasteiger partial charge in [0.1, 0.15) is 0 Å². The fourth-order valence-electron chi connectivity index (χ4n) is 0.0700. The molecule has 0 aliphatic rings. The second-order valence-electron chi connectivity index (χ2n) is 1.06. The normalized spacial score (nSPS) is 16.1. The molecule has 0 radical (unpaired) electrons. The SMILES string of the molecule is CN([SH](Cl)Cl)S(Cl)(Cl)Cl. The zero-order valence-electron chi connectivity index (χ0n) is 4.19. The van der Waals surface area contributed by atoms with E-state index in [-0.39, 0.29) is 0 Å². The summed E-state index contributed by atoms with van der Waals surface area (Å²) in [5, 5.41) is 0. The lowest BCUT2D eigenvalue weighted by molar-refractivity contribution is 0.956. The summed E-state index contributed by atoms with van der Waals surface area (Å²) in [6, 6.07) is 0. The molecule has 0 rings (SSSR count). The van der Waals surface area contributed by atoms with Crippen LogP contribution in [0.4, 0.5) is 0 Å². The Morgan fingerprint density at radius 1 is 1.22 bits per heavy atom. The van der Waals surface area contributed by atoms with E-state index in [1.807, 2.05) is 0 Å². The Balaban J connectivity index is 3.88. The number of hydrogen-bond acceptors (Lipinski definition) is 1. The maximum absolute atomic E-state index is 5.47. The fraction of sp³-hybridized carbons (Fsp3) is 1.00. The van der Waals surface area contributed by atoms with E-state index in [1.54, 1.807) is 7.05 Å². The van der Waals surface area contributed by atoms with Crippen molar-refractivity contribution in [1.82, 2.24) is 3.71 Å². The first-order chi connectivity index (χ1) is 3.85. The molecule has 0 atom stereocenters. The third-order valence-electron chi connectivity index (χ3n) is 0.513. The summed E-state index contributed by atoms with van der Waals surface area (Å²) < 4.78 is 1.33. The van der Waals surface area contributed by atoms with Crippen LogP contribution in [0.25, 0.3) is 0 Å². The highest BCUT2D eigenvalue weighted by molar-refractivity contribution is 8.81. The molecular formula is CH4Cl5NS2. The van der Waals surface area contributed by atoms with Crippen LogP contribution in [0.5, 0.6) is 0 Å². The third kappa shape index (κ3) is 4.53. The molecule has 0 aliphatic carbocycles. The minimum atomic E-state index is -2.29. The lowest BCUT2D eigenvalue weighted by Gasteiger charge is -2.29. The van der Waals surface area contributed by atoms with Gasteiger partial charge in [-0.25, -0.2) is 0 Å². The van der Waals surface area contributed by atoms with Crippen LogP contribution in [0.15, 0.2) is 0 Å². The van der Waals surface area contributed by atoms with Crippen LogP contribution < -0.4 is 0 Å². The zero-order chi connectivity index (χ0) is 7.65. The highest BCUT2D eigenvalue weighted by Crippen LogP contribution is 2.71. The van der Waals surface area contributed by atoms with Gasteiger partial charge in [0.15, 0.2) is 0 Å². The van der Waals surface area contributed by atoms with Crippen LogP contribution in [-0.2, 0) is 0 Å². The standard InChI is InChI=1S/CH4Cl5NS2/c1-7(8(2)3)9(4,5)6/h8H,1H3. The van der Waals surface area contributed by atoms with E-state index >= 15 is 0 Å². The fourth-order valence-corrected chi connectivity index (χ4v) is 5.67. The summed E-state index contributed by atoms with van der Waals surface area (Å²) in [5.74, 6) is 0. The van der Waals surface area contributed by atoms with Crippen LogP contribution in [0.3, 0.4) is 0 Å². The van der Waals surface area contributed by atoms with Crippen molar-refractivity contribution in [3.05, 3.63) is 0 Å². The van der Waals surface area contributed by atoms with Crippen LogP contribution in [-0.4, -0.2) is 10.8 Å². The first kappa shape index (κ1) is 11.1. The molecule has 0 aromatic carbocycles. The maximum atomic E-state index is 5.47. The van der Waals surface area contributed by atoms with Gasteiger partial charge in [-0.3, -0.25) is 0 Å². The lowest BCUT2D eigenvalue weighted by atomic mass is 11.6. The van der Waals surface area contributed by atoms with Crippen molar-refractivity contribution < 1.29 is 0 Å². The molecule has 0 saturated carbocycles. The zero-order valence-corrected chi connectivity index (χ0v) is 9.68. The molecule has 9 heavy (non-hydrogen) atoms. The largest absolute Gasteiger partial charge is 0.174 e. The van der Waals surface area contributed by atoms with Crippen LogP contribution in [0.1, 0.15) is 0 Å². The van der Waals surface area contributed by atoms with Gasteiger partial charge < -0.3 is 0 Å². The molecule has 0 amide bonds. The van der Waals surface area contributed by atoms with Crippen LogP contribution >= 0.6 is 70.8 Å². The van der Waals surface area contributed by atoms with Gasteiger partial charge in [0, 0.05) is 7.05 Å². The van der Waals surface area contributed by atoms with Gasteiger partial charge in [0.25, 0.3) is 0 Å². The van der Waals surface area contributed by atoms with E-state index in [1.165, 1.54) is 3.71 Å². The van der Waals surface area contributed by atoms with Crippen molar-refractivity contribution >= 4 is 70.8 Å². The van der Waals surface area contributed by atoms with E-state index in [0.29, 0.717) is 0 Å². The van der Waals surface area contributed by atoms with E-state index in [0.717, 1.165) is 0 Å². The minimum Gasteiger partial charge on any atom is -0.174 e. The molecule has 0 heterocycles. The molecule has 0 N–H and O–H groups in total. The molecule has 1 nitrogen and oxygen atoms in total. The number of hydrogen-bond donors (Lipinski definition) is 1. The summed E-state index contributed by atoms with van der Waals surface area (Å²) in [5.41, 5.74) is 0. The average Bonchev–Trinajstić information content (AvgIpc) is 1.62. The van der Waals surface area contributed by atoms with Crippen molar-refractivity contribution in [2.24, 2.45) is 0 Å². The van der Waals surface area contributed by atoms with Gasteiger partial charge in [-0.05, 0) is 62.9 Å². The molecule has 0 aromatic heterocycles. The molecule has 60 valence electrons. The van der Waals surface area contributed by atoms with E-state index in [4.69, 9.17) is 53.4 Å². The quantitative estimate of drug-likeness (QED) is 0.732. The van der Waals surface area contributed by atoms with Crippen LogP contribution in [0, 0.1) is 0 Å². The molecule has 8 heteroatoms. The van der Waals surface area contributed by atoms with E-state index in [9.17, 15) is 0 Å². The van der Waals surface area contributed by atoms with Gasteiger partial charge in [-0.2, -0.15) is 3.71 Å². The molecule has 0 bridgehead atoms. The van der Waals surface area contributed by atoms with Crippen molar-refractivity contribution in [3.63, 3.8) is 0 Å². The predicted molar refractivity (Wildman–Crippen MR) is 53.6 cm³/mol. The Morgan fingerprint density at radius 3 is 1.56 bits per heavy atom. The van der Waals surface area contributed by atoms with E-state index in [2.05, 4.69) is 0 Å². The third-order valence-corrected chi connectivity index (χ3v) is 7.39. The maximum Gasteiger partial charge on any atom is 0.0654 e. The molecule has 0 aliphatic heterocycles. The number of rotatable bonds is 2. The Morgan fingerprint density at radius 2 is 1.56 bits per heavy atom. The molecular weight excluding hydrogens is 267 g/mol. The molecule has 0 fully saturated rings. The predicted octanol–water partition coefficient (Wildman–Crippen LogP) is 4.32. The monoisotopic (exact) mass is 269 g/mol. The average molecular weight is 271 g/mol. The minimum absolute atomic E-state index is 1.33. The summed E-state index contributed by atoms with van der Waals surface area (Å²) in [6.07, 6.45) is 0. The Bertz CT molecular complexity index is 89.4. The van der Waals surface area contributed by atoms with E-state index < -0.39 is 17.4 Å². The Labute approximate surface area is 81.0 Å². The van der Waals surface area contributed by atoms with Gasteiger partial charge in [0.2, 0.25) is 0 Å². The highest BCUT2D eigenvalue weighted by Gasteiger charge is 2.23. The molecule has 0 saturated heterocycles. The molecule has 0 spiro atoms.